The van der Waals surface area contributed by atoms with Crippen molar-refractivity contribution >= 4 is 29.0 Å². The molecule has 1 amide bonds. The molecule has 2 aromatic heterocycles. The van der Waals surface area contributed by atoms with Gasteiger partial charge in [0.15, 0.2) is 11.0 Å². The van der Waals surface area contributed by atoms with Crippen LogP contribution in [0.1, 0.15) is 12.5 Å². The Morgan fingerprint density at radius 1 is 1.27 bits per heavy atom. The highest BCUT2D eigenvalue weighted by Crippen LogP contribution is 2.27. The third-order valence-electron chi connectivity index (χ3n) is 3.86. The lowest BCUT2D eigenvalue weighted by molar-refractivity contribution is -0.127. The standard InChI is InChI=1S/C18H19FN4OS2/c1-3-23-17(15-5-4-10-25-15)20-21-18(23)26-12-16(24)22(2)11-13-6-8-14(19)9-7-13/h4-10H,3,11-12H2,1-2H3. The molecule has 8 heteroatoms. The summed E-state index contributed by atoms with van der Waals surface area (Å²) in [4.78, 5) is 15.1. The molecule has 2 heterocycles. The van der Waals surface area contributed by atoms with Gasteiger partial charge in [-0.3, -0.25) is 4.79 Å². The number of rotatable bonds is 7. The van der Waals surface area contributed by atoms with E-state index >= 15 is 0 Å². The number of thiophene rings is 1. The lowest BCUT2D eigenvalue weighted by atomic mass is 10.2. The molecule has 0 bridgehead atoms. The lowest BCUT2D eigenvalue weighted by Crippen LogP contribution is -2.27. The fraction of sp³-hybridized carbons (Fsp3) is 0.278. The highest BCUT2D eigenvalue weighted by atomic mass is 32.2. The number of thioether (sulfide) groups is 1. The van der Waals surface area contributed by atoms with Crippen LogP contribution in [0.25, 0.3) is 10.7 Å². The Labute approximate surface area is 159 Å². The number of nitrogens with zero attached hydrogens (tertiary/aromatic N) is 4. The molecule has 0 aliphatic rings. The van der Waals surface area contributed by atoms with Crippen molar-refractivity contribution in [3.63, 3.8) is 0 Å². The van der Waals surface area contributed by atoms with E-state index in [0.717, 1.165) is 28.0 Å². The Balaban J connectivity index is 1.61. The number of hydrogen-bond acceptors (Lipinski definition) is 5. The first-order valence-corrected chi connectivity index (χ1v) is 10.0. The van der Waals surface area contributed by atoms with Gasteiger partial charge in [0.05, 0.1) is 10.6 Å². The van der Waals surface area contributed by atoms with Gasteiger partial charge in [-0.05, 0) is 36.1 Å². The largest absolute Gasteiger partial charge is 0.341 e. The van der Waals surface area contributed by atoms with E-state index < -0.39 is 0 Å². The zero-order valence-corrected chi connectivity index (χ0v) is 16.2. The van der Waals surface area contributed by atoms with E-state index in [0.29, 0.717) is 6.54 Å². The molecule has 0 saturated heterocycles. The Morgan fingerprint density at radius 3 is 2.69 bits per heavy atom. The fourth-order valence-corrected chi connectivity index (χ4v) is 4.12. The molecule has 136 valence electrons. The molecule has 5 nitrogen and oxygen atoms in total. The van der Waals surface area contributed by atoms with Crippen molar-refractivity contribution in [1.82, 2.24) is 19.7 Å². The monoisotopic (exact) mass is 390 g/mol. The summed E-state index contributed by atoms with van der Waals surface area (Å²) in [6.07, 6.45) is 0. The number of amides is 1. The minimum Gasteiger partial charge on any atom is -0.341 e. The van der Waals surface area contributed by atoms with Gasteiger partial charge in [0.1, 0.15) is 5.82 Å². The first-order chi connectivity index (χ1) is 12.6. The maximum atomic E-state index is 13.0. The van der Waals surface area contributed by atoms with Crippen LogP contribution in [0.5, 0.6) is 0 Å². The number of carbonyl (C=O) groups excluding carboxylic acids is 1. The summed E-state index contributed by atoms with van der Waals surface area (Å²) in [7, 11) is 1.74. The molecule has 0 fully saturated rings. The van der Waals surface area contributed by atoms with Crippen LogP contribution in [0.2, 0.25) is 0 Å². The molecular weight excluding hydrogens is 371 g/mol. The van der Waals surface area contributed by atoms with E-state index in [2.05, 4.69) is 10.2 Å². The second kappa shape index (κ2) is 8.46. The smallest absolute Gasteiger partial charge is 0.233 e. The van der Waals surface area contributed by atoms with Crippen molar-refractivity contribution in [3.8, 4) is 10.7 Å². The van der Waals surface area contributed by atoms with Crippen molar-refractivity contribution in [2.75, 3.05) is 12.8 Å². The van der Waals surface area contributed by atoms with Crippen LogP contribution < -0.4 is 0 Å². The highest BCUT2D eigenvalue weighted by molar-refractivity contribution is 7.99. The van der Waals surface area contributed by atoms with Gasteiger partial charge in [-0.2, -0.15) is 0 Å². The second-order valence-electron chi connectivity index (χ2n) is 5.69. The Kier molecular flexibility index (Phi) is 6.05. The van der Waals surface area contributed by atoms with Crippen LogP contribution in [0.15, 0.2) is 46.9 Å². The van der Waals surface area contributed by atoms with Gasteiger partial charge in [0, 0.05) is 20.1 Å². The zero-order chi connectivity index (χ0) is 18.5. The Morgan fingerprint density at radius 2 is 2.04 bits per heavy atom. The van der Waals surface area contributed by atoms with Gasteiger partial charge >= 0.3 is 0 Å². The Hall–Kier alpha value is -2.19. The summed E-state index contributed by atoms with van der Waals surface area (Å²) in [5.41, 5.74) is 0.893. The van der Waals surface area contributed by atoms with E-state index in [1.165, 1.54) is 23.9 Å². The van der Waals surface area contributed by atoms with Gasteiger partial charge in [-0.15, -0.1) is 21.5 Å². The first kappa shape index (κ1) is 18.6. The lowest BCUT2D eigenvalue weighted by Gasteiger charge is -2.17. The van der Waals surface area contributed by atoms with Crippen LogP contribution >= 0.6 is 23.1 Å². The molecule has 1 aromatic carbocycles. The molecule has 3 rings (SSSR count). The van der Waals surface area contributed by atoms with Gasteiger partial charge in [0.2, 0.25) is 5.91 Å². The van der Waals surface area contributed by atoms with Crippen LogP contribution in [-0.4, -0.2) is 38.4 Å². The molecule has 0 radical (unpaired) electrons. The number of hydrogen-bond donors (Lipinski definition) is 0. The third kappa shape index (κ3) is 4.31. The first-order valence-electron chi connectivity index (χ1n) is 8.16. The summed E-state index contributed by atoms with van der Waals surface area (Å²) in [5, 5.41) is 11.2. The van der Waals surface area contributed by atoms with E-state index in [1.807, 2.05) is 29.0 Å². The second-order valence-corrected chi connectivity index (χ2v) is 7.58. The van der Waals surface area contributed by atoms with E-state index in [9.17, 15) is 9.18 Å². The maximum absolute atomic E-state index is 13.0. The normalized spacial score (nSPS) is 10.9. The molecule has 0 spiro atoms. The molecule has 0 atom stereocenters. The number of aromatic nitrogens is 3. The average Bonchev–Trinajstić information content (AvgIpc) is 3.30. The highest BCUT2D eigenvalue weighted by Gasteiger charge is 2.16. The molecule has 26 heavy (non-hydrogen) atoms. The summed E-state index contributed by atoms with van der Waals surface area (Å²) in [6.45, 7) is 3.22. The van der Waals surface area contributed by atoms with Gasteiger partial charge < -0.3 is 9.47 Å². The van der Waals surface area contributed by atoms with E-state index in [-0.39, 0.29) is 17.5 Å². The van der Waals surface area contributed by atoms with E-state index in [4.69, 9.17) is 0 Å². The zero-order valence-electron chi connectivity index (χ0n) is 14.6. The fourth-order valence-electron chi connectivity index (χ4n) is 2.46. The van der Waals surface area contributed by atoms with Crippen LogP contribution in [0, 0.1) is 5.82 Å². The molecule has 0 aliphatic carbocycles. The molecular formula is C18H19FN4OS2. The predicted molar refractivity (Wildman–Crippen MR) is 103 cm³/mol. The maximum Gasteiger partial charge on any atom is 0.233 e. The van der Waals surface area contributed by atoms with Crippen molar-refractivity contribution in [2.45, 2.75) is 25.2 Å². The molecule has 3 aromatic rings. The van der Waals surface area contributed by atoms with E-state index in [1.54, 1.807) is 35.4 Å². The molecule has 0 saturated carbocycles. The van der Waals surface area contributed by atoms with Gasteiger partial charge in [0.25, 0.3) is 0 Å². The molecule has 0 N–H and O–H groups in total. The van der Waals surface area contributed by atoms with Crippen molar-refractivity contribution in [1.29, 1.82) is 0 Å². The third-order valence-corrected chi connectivity index (χ3v) is 5.68. The number of halogens is 1. The Bertz CT molecular complexity index is 862. The van der Waals surface area contributed by atoms with Crippen molar-refractivity contribution < 1.29 is 9.18 Å². The van der Waals surface area contributed by atoms with Gasteiger partial charge in [-0.1, -0.05) is 30.0 Å². The summed E-state index contributed by atoms with van der Waals surface area (Å²) >= 11 is 3.00. The average molecular weight is 391 g/mol. The summed E-state index contributed by atoms with van der Waals surface area (Å²) in [6, 6.07) is 10.2. The summed E-state index contributed by atoms with van der Waals surface area (Å²) < 4.78 is 15.0. The SMILES string of the molecule is CCn1c(SCC(=O)N(C)Cc2ccc(F)cc2)nnc1-c1cccs1. The van der Waals surface area contributed by atoms with Crippen LogP contribution in [-0.2, 0) is 17.9 Å². The predicted octanol–water partition coefficient (Wildman–Crippen LogP) is 3.92. The number of benzene rings is 1. The quantitative estimate of drug-likeness (QED) is 0.574. The topological polar surface area (TPSA) is 51.0 Å². The van der Waals surface area contributed by atoms with Crippen molar-refractivity contribution in [2.24, 2.45) is 0 Å². The van der Waals surface area contributed by atoms with Crippen LogP contribution in [0.3, 0.4) is 0 Å². The molecule has 0 aliphatic heterocycles. The number of carbonyl (C=O) groups is 1. The minimum absolute atomic E-state index is 0.0114. The van der Waals surface area contributed by atoms with Gasteiger partial charge in [-0.25, -0.2) is 4.39 Å². The molecule has 0 unspecified atom stereocenters. The summed E-state index contributed by atoms with van der Waals surface area (Å²) in [5.74, 6) is 0.818. The van der Waals surface area contributed by atoms with Crippen LogP contribution in [0.4, 0.5) is 4.39 Å². The minimum atomic E-state index is -0.279. The van der Waals surface area contributed by atoms with Crippen molar-refractivity contribution in [3.05, 3.63) is 53.2 Å².